The Labute approximate surface area is 124 Å². The minimum Gasteiger partial charge on any atom is -0.294 e. The van der Waals surface area contributed by atoms with E-state index in [1.807, 2.05) is 47.8 Å². The number of benzene rings is 2. The first kappa shape index (κ1) is 12.6. The van der Waals surface area contributed by atoms with Gasteiger partial charge in [0.15, 0.2) is 5.78 Å². The Balaban J connectivity index is 1.92. The molecule has 1 nitrogen and oxygen atoms in total. The highest BCUT2D eigenvalue weighted by atomic mass is 79.9. The molecule has 0 aliphatic heterocycles. The van der Waals surface area contributed by atoms with Crippen molar-refractivity contribution in [2.24, 2.45) is 0 Å². The largest absolute Gasteiger partial charge is 0.294 e. The molecule has 0 aliphatic carbocycles. The highest BCUT2D eigenvalue weighted by Crippen LogP contribution is 2.27. The van der Waals surface area contributed by atoms with E-state index < -0.39 is 0 Å². The van der Waals surface area contributed by atoms with Crippen LogP contribution in [0, 0.1) is 0 Å². The number of fused-ring (bicyclic) bond motifs is 1. The van der Waals surface area contributed by atoms with E-state index in [1.165, 1.54) is 4.70 Å². The molecule has 0 unspecified atom stereocenters. The molecular weight excluding hydrogens is 320 g/mol. The fourth-order valence-corrected chi connectivity index (χ4v) is 3.53. The van der Waals surface area contributed by atoms with Gasteiger partial charge in [-0.25, -0.2) is 0 Å². The molecule has 0 fully saturated rings. The first-order valence-corrected chi connectivity index (χ1v) is 7.65. The van der Waals surface area contributed by atoms with Crippen molar-refractivity contribution in [2.45, 2.75) is 6.42 Å². The Morgan fingerprint density at radius 1 is 1.11 bits per heavy atom. The Kier molecular flexibility index (Phi) is 3.49. The number of Topliss-reactive ketones (excluding diaryl/α,β-unsaturated/α-hetero) is 1. The van der Waals surface area contributed by atoms with E-state index in [1.54, 1.807) is 11.3 Å². The standard InChI is InChI=1S/C16H11BrOS/c17-12-5-3-4-11(8-12)9-15(18)14-10-19-16-7-2-1-6-13(14)16/h1-8,10H,9H2. The second kappa shape index (κ2) is 5.27. The van der Waals surface area contributed by atoms with Gasteiger partial charge in [0, 0.05) is 31.9 Å². The predicted octanol–water partition coefficient (Wildman–Crippen LogP) is 5.09. The summed E-state index contributed by atoms with van der Waals surface area (Å²) in [7, 11) is 0. The molecule has 0 radical (unpaired) electrons. The monoisotopic (exact) mass is 330 g/mol. The highest BCUT2D eigenvalue weighted by Gasteiger charge is 2.12. The summed E-state index contributed by atoms with van der Waals surface area (Å²) in [6.45, 7) is 0. The Hall–Kier alpha value is -1.45. The zero-order valence-corrected chi connectivity index (χ0v) is 12.5. The SMILES string of the molecule is O=C(Cc1cccc(Br)c1)c1csc2ccccc12. The van der Waals surface area contributed by atoms with Crippen LogP contribution < -0.4 is 0 Å². The highest BCUT2D eigenvalue weighted by molar-refractivity contribution is 9.10. The molecule has 0 aliphatic rings. The molecule has 94 valence electrons. The van der Waals surface area contributed by atoms with Crippen molar-refractivity contribution in [3.05, 3.63) is 69.5 Å². The van der Waals surface area contributed by atoms with E-state index in [4.69, 9.17) is 0 Å². The van der Waals surface area contributed by atoms with Crippen molar-refractivity contribution in [3.8, 4) is 0 Å². The fraction of sp³-hybridized carbons (Fsp3) is 0.0625. The molecule has 3 aromatic rings. The first-order chi connectivity index (χ1) is 9.24. The van der Waals surface area contributed by atoms with Crippen LogP contribution in [0.1, 0.15) is 15.9 Å². The minimum absolute atomic E-state index is 0.176. The van der Waals surface area contributed by atoms with Crippen LogP contribution >= 0.6 is 27.3 Å². The molecule has 0 saturated carbocycles. The molecule has 1 aromatic heterocycles. The van der Waals surface area contributed by atoms with Crippen molar-refractivity contribution >= 4 is 43.1 Å². The van der Waals surface area contributed by atoms with E-state index in [-0.39, 0.29) is 5.78 Å². The Morgan fingerprint density at radius 2 is 1.95 bits per heavy atom. The second-order valence-electron chi connectivity index (χ2n) is 4.38. The van der Waals surface area contributed by atoms with Gasteiger partial charge in [-0.1, -0.05) is 46.3 Å². The third-order valence-electron chi connectivity index (χ3n) is 3.04. The van der Waals surface area contributed by atoms with Crippen LogP contribution in [0.25, 0.3) is 10.1 Å². The van der Waals surface area contributed by atoms with Gasteiger partial charge in [-0.2, -0.15) is 0 Å². The smallest absolute Gasteiger partial charge is 0.168 e. The van der Waals surface area contributed by atoms with E-state index in [2.05, 4.69) is 22.0 Å². The average molecular weight is 331 g/mol. The van der Waals surface area contributed by atoms with Crippen molar-refractivity contribution in [1.82, 2.24) is 0 Å². The van der Waals surface area contributed by atoms with Gasteiger partial charge >= 0.3 is 0 Å². The number of carbonyl (C=O) groups excluding carboxylic acids is 1. The lowest BCUT2D eigenvalue weighted by molar-refractivity contribution is 0.0995. The fourth-order valence-electron chi connectivity index (χ4n) is 2.12. The lowest BCUT2D eigenvalue weighted by atomic mass is 10.0. The van der Waals surface area contributed by atoms with Crippen LogP contribution in [0.15, 0.2) is 58.4 Å². The number of ketones is 1. The summed E-state index contributed by atoms with van der Waals surface area (Å²) >= 11 is 5.06. The maximum atomic E-state index is 12.4. The second-order valence-corrected chi connectivity index (χ2v) is 6.20. The number of rotatable bonds is 3. The lowest BCUT2D eigenvalue weighted by Gasteiger charge is -2.01. The normalized spacial score (nSPS) is 10.8. The van der Waals surface area contributed by atoms with Crippen LogP contribution in [-0.4, -0.2) is 5.78 Å². The lowest BCUT2D eigenvalue weighted by Crippen LogP contribution is -2.02. The summed E-state index contributed by atoms with van der Waals surface area (Å²) in [5.74, 6) is 0.176. The molecule has 0 saturated heterocycles. The average Bonchev–Trinajstić information content (AvgIpc) is 2.82. The van der Waals surface area contributed by atoms with E-state index >= 15 is 0 Å². The van der Waals surface area contributed by atoms with Crippen LogP contribution in [-0.2, 0) is 6.42 Å². The van der Waals surface area contributed by atoms with Crippen LogP contribution in [0.3, 0.4) is 0 Å². The van der Waals surface area contributed by atoms with Gasteiger partial charge in [-0.3, -0.25) is 4.79 Å². The van der Waals surface area contributed by atoms with Crippen molar-refractivity contribution in [3.63, 3.8) is 0 Å². The van der Waals surface area contributed by atoms with Gasteiger partial charge in [0.25, 0.3) is 0 Å². The van der Waals surface area contributed by atoms with Crippen molar-refractivity contribution in [2.75, 3.05) is 0 Å². The topological polar surface area (TPSA) is 17.1 Å². The molecule has 3 rings (SSSR count). The summed E-state index contributed by atoms with van der Waals surface area (Å²) in [4.78, 5) is 12.4. The van der Waals surface area contributed by atoms with Gasteiger partial charge in [-0.05, 0) is 23.8 Å². The molecule has 3 heteroatoms. The summed E-state index contributed by atoms with van der Waals surface area (Å²) in [5.41, 5.74) is 1.87. The van der Waals surface area contributed by atoms with E-state index in [9.17, 15) is 4.79 Å². The van der Waals surface area contributed by atoms with Gasteiger partial charge < -0.3 is 0 Å². The summed E-state index contributed by atoms with van der Waals surface area (Å²) in [6, 6.07) is 15.9. The number of hydrogen-bond donors (Lipinski definition) is 0. The molecular formula is C16H11BrOS. The van der Waals surface area contributed by atoms with Gasteiger partial charge in [-0.15, -0.1) is 11.3 Å². The minimum atomic E-state index is 0.176. The number of carbonyl (C=O) groups is 1. The maximum absolute atomic E-state index is 12.4. The molecule has 19 heavy (non-hydrogen) atoms. The van der Waals surface area contributed by atoms with E-state index in [0.29, 0.717) is 6.42 Å². The number of hydrogen-bond acceptors (Lipinski definition) is 2. The summed E-state index contributed by atoms with van der Waals surface area (Å²) < 4.78 is 2.17. The predicted molar refractivity (Wildman–Crippen MR) is 84.0 cm³/mol. The maximum Gasteiger partial charge on any atom is 0.168 e. The number of thiophene rings is 1. The Bertz CT molecular complexity index is 745. The van der Waals surface area contributed by atoms with E-state index in [0.717, 1.165) is 21.0 Å². The summed E-state index contributed by atoms with van der Waals surface area (Å²) in [5, 5.41) is 3.03. The van der Waals surface area contributed by atoms with Crippen molar-refractivity contribution in [1.29, 1.82) is 0 Å². The molecule has 0 atom stereocenters. The zero-order chi connectivity index (χ0) is 13.2. The van der Waals surface area contributed by atoms with Gasteiger partial charge in [0.05, 0.1) is 0 Å². The van der Waals surface area contributed by atoms with Crippen LogP contribution in [0.5, 0.6) is 0 Å². The van der Waals surface area contributed by atoms with Gasteiger partial charge in [0.2, 0.25) is 0 Å². The first-order valence-electron chi connectivity index (χ1n) is 5.98. The quantitative estimate of drug-likeness (QED) is 0.611. The summed E-state index contributed by atoms with van der Waals surface area (Å²) in [6.07, 6.45) is 0.445. The molecule has 1 heterocycles. The molecule has 0 bridgehead atoms. The zero-order valence-electron chi connectivity index (χ0n) is 10.1. The third kappa shape index (κ3) is 2.62. The molecule has 0 spiro atoms. The van der Waals surface area contributed by atoms with Crippen LogP contribution in [0.2, 0.25) is 0 Å². The van der Waals surface area contributed by atoms with Crippen molar-refractivity contribution < 1.29 is 4.79 Å². The molecule has 0 N–H and O–H groups in total. The Morgan fingerprint density at radius 3 is 2.79 bits per heavy atom. The molecule has 0 amide bonds. The number of halogens is 1. The van der Waals surface area contributed by atoms with Crippen LogP contribution in [0.4, 0.5) is 0 Å². The van der Waals surface area contributed by atoms with Gasteiger partial charge in [0.1, 0.15) is 0 Å². The molecule has 2 aromatic carbocycles. The third-order valence-corrected chi connectivity index (χ3v) is 4.49.